The summed E-state index contributed by atoms with van der Waals surface area (Å²) in [5, 5.41) is 0. The van der Waals surface area contributed by atoms with E-state index >= 15 is 0 Å². The quantitative estimate of drug-likeness (QED) is 0.628. The van der Waals surface area contributed by atoms with Crippen molar-refractivity contribution in [3.8, 4) is 0 Å². The lowest BCUT2D eigenvalue weighted by Crippen LogP contribution is -2.38. The van der Waals surface area contributed by atoms with E-state index in [2.05, 4.69) is 52.6 Å². The zero-order valence-corrected chi connectivity index (χ0v) is 11.3. The van der Waals surface area contributed by atoms with Gasteiger partial charge >= 0.3 is 0 Å². The van der Waals surface area contributed by atoms with Crippen molar-refractivity contribution in [2.75, 3.05) is 0 Å². The summed E-state index contributed by atoms with van der Waals surface area (Å²) < 4.78 is -0.0220. The van der Waals surface area contributed by atoms with Gasteiger partial charge in [-0.15, -0.1) is 0 Å². The van der Waals surface area contributed by atoms with E-state index in [0.29, 0.717) is 5.78 Å². The number of halogens is 2. The van der Waals surface area contributed by atoms with E-state index < -0.39 is 0 Å². The monoisotopic (exact) mass is 308 g/mol. The Hall–Kier alpha value is 0.630. The van der Waals surface area contributed by atoms with E-state index in [-0.39, 0.29) is 20.0 Å². The summed E-state index contributed by atoms with van der Waals surface area (Å²) in [6.45, 7) is 6.52. The largest absolute Gasteiger partial charge is 0.298 e. The smallest absolute Gasteiger partial charge is 0.154 e. The third-order valence-corrected chi connectivity index (χ3v) is 8.24. The highest BCUT2D eigenvalue weighted by Crippen LogP contribution is 2.70. The zero-order chi connectivity index (χ0) is 10.1. The topological polar surface area (TPSA) is 17.1 Å². The summed E-state index contributed by atoms with van der Waals surface area (Å²) in [5.41, 5.74) is -0.0735. The number of ketones is 1. The van der Waals surface area contributed by atoms with Crippen molar-refractivity contribution >= 4 is 37.6 Å². The molecule has 0 aromatic rings. The molecule has 2 saturated carbocycles. The molecule has 0 aliphatic heterocycles. The van der Waals surface area contributed by atoms with E-state index in [1.54, 1.807) is 0 Å². The Kier molecular flexibility index (Phi) is 1.88. The molecule has 2 aliphatic carbocycles. The van der Waals surface area contributed by atoms with Crippen LogP contribution in [0.3, 0.4) is 0 Å². The van der Waals surface area contributed by atoms with Gasteiger partial charge in [-0.2, -0.15) is 0 Å². The van der Waals surface area contributed by atoms with Crippen LogP contribution in [-0.2, 0) is 4.79 Å². The number of fused-ring (bicyclic) bond motifs is 2. The van der Waals surface area contributed by atoms with Crippen LogP contribution in [0, 0.1) is 10.8 Å². The van der Waals surface area contributed by atoms with Gasteiger partial charge in [-0.05, 0) is 18.3 Å². The molecule has 0 aromatic heterocycles. The maximum atomic E-state index is 12.0. The standard InChI is InChI=1S/C10H14Br2O/c1-8(2)9(3)4-5-10(8,12)6(11)7(9)13/h6H,4-5H2,1-3H3/t6-,9-,10+/m0/s1. The van der Waals surface area contributed by atoms with E-state index in [1.165, 1.54) is 0 Å². The Labute approximate surface area is 95.9 Å². The summed E-state index contributed by atoms with van der Waals surface area (Å²) >= 11 is 7.31. The predicted molar refractivity (Wildman–Crippen MR) is 60.5 cm³/mol. The molecule has 2 aliphatic rings. The number of carbonyl (C=O) groups is 1. The van der Waals surface area contributed by atoms with Crippen molar-refractivity contribution in [3.63, 3.8) is 0 Å². The molecule has 0 aromatic carbocycles. The van der Waals surface area contributed by atoms with Gasteiger partial charge in [0.2, 0.25) is 0 Å². The molecule has 0 heterocycles. The average molecular weight is 310 g/mol. The average Bonchev–Trinajstić information content (AvgIpc) is 2.28. The van der Waals surface area contributed by atoms with Crippen molar-refractivity contribution in [1.29, 1.82) is 0 Å². The first kappa shape index (κ1) is 10.2. The molecule has 0 radical (unpaired) electrons. The molecular formula is C10H14Br2O. The van der Waals surface area contributed by atoms with Crippen LogP contribution in [0.2, 0.25) is 0 Å². The number of rotatable bonds is 0. The summed E-state index contributed by atoms with van der Waals surface area (Å²) in [6, 6.07) is 0. The van der Waals surface area contributed by atoms with E-state index in [4.69, 9.17) is 0 Å². The number of carbonyl (C=O) groups excluding carboxylic acids is 1. The molecule has 0 unspecified atom stereocenters. The van der Waals surface area contributed by atoms with Crippen LogP contribution in [0.1, 0.15) is 33.6 Å². The highest BCUT2D eigenvalue weighted by molar-refractivity contribution is 9.12. The van der Waals surface area contributed by atoms with Gasteiger partial charge < -0.3 is 0 Å². The second-order valence-corrected chi connectivity index (χ2v) is 7.38. The van der Waals surface area contributed by atoms with Gasteiger partial charge in [-0.25, -0.2) is 0 Å². The van der Waals surface area contributed by atoms with Gasteiger partial charge in [0.05, 0.1) is 9.15 Å². The minimum absolute atomic E-state index is 0.00579. The van der Waals surface area contributed by atoms with Crippen molar-refractivity contribution in [3.05, 3.63) is 0 Å². The van der Waals surface area contributed by atoms with Gasteiger partial charge in [0.15, 0.2) is 5.78 Å². The van der Waals surface area contributed by atoms with Crippen molar-refractivity contribution in [2.45, 2.75) is 42.8 Å². The fourth-order valence-corrected chi connectivity index (χ4v) is 5.03. The third-order valence-electron chi connectivity index (χ3n) is 4.58. The fourth-order valence-electron chi connectivity index (χ4n) is 2.88. The third kappa shape index (κ3) is 0.823. The maximum Gasteiger partial charge on any atom is 0.154 e. The second-order valence-electron chi connectivity index (χ2n) is 5.05. The summed E-state index contributed by atoms with van der Waals surface area (Å²) in [5.74, 6) is 0.376. The summed E-state index contributed by atoms with van der Waals surface area (Å²) in [7, 11) is 0. The van der Waals surface area contributed by atoms with E-state index in [1.807, 2.05) is 0 Å². The highest BCUT2D eigenvalue weighted by Gasteiger charge is 2.73. The molecule has 0 amide bonds. The first-order valence-electron chi connectivity index (χ1n) is 4.65. The SMILES string of the molecule is CC1(C)[C@@]2(C)CC[C@@]1(Br)[C@@H](Br)C2=O. The lowest BCUT2D eigenvalue weighted by Gasteiger charge is -2.36. The van der Waals surface area contributed by atoms with Gasteiger partial charge in [0, 0.05) is 5.41 Å². The zero-order valence-electron chi connectivity index (χ0n) is 8.16. The molecule has 2 rings (SSSR count). The predicted octanol–water partition coefficient (Wildman–Crippen LogP) is 3.29. The Morgan fingerprint density at radius 1 is 1.31 bits per heavy atom. The van der Waals surface area contributed by atoms with Crippen LogP contribution in [0.25, 0.3) is 0 Å². The molecule has 13 heavy (non-hydrogen) atoms. The molecule has 0 spiro atoms. The number of Topliss-reactive ketones (excluding diaryl/α,β-unsaturated/α-hetero) is 1. The molecule has 74 valence electrons. The van der Waals surface area contributed by atoms with Crippen molar-refractivity contribution < 1.29 is 4.79 Å². The van der Waals surface area contributed by atoms with Gasteiger partial charge in [0.1, 0.15) is 0 Å². The molecular weight excluding hydrogens is 296 g/mol. The molecule has 3 heteroatoms. The summed E-state index contributed by atoms with van der Waals surface area (Å²) in [4.78, 5) is 12.0. The van der Waals surface area contributed by atoms with Crippen molar-refractivity contribution in [1.82, 2.24) is 0 Å². The van der Waals surface area contributed by atoms with Gasteiger partial charge in [0.25, 0.3) is 0 Å². The van der Waals surface area contributed by atoms with Gasteiger partial charge in [-0.1, -0.05) is 52.6 Å². The maximum absolute atomic E-state index is 12.0. The Morgan fingerprint density at radius 2 is 1.85 bits per heavy atom. The van der Waals surface area contributed by atoms with Gasteiger partial charge in [-0.3, -0.25) is 4.79 Å². The van der Waals surface area contributed by atoms with E-state index in [0.717, 1.165) is 12.8 Å². The van der Waals surface area contributed by atoms with E-state index in [9.17, 15) is 4.79 Å². The Morgan fingerprint density at radius 3 is 2.08 bits per heavy atom. The molecule has 0 saturated heterocycles. The number of hydrogen-bond acceptors (Lipinski definition) is 1. The molecule has 1 nitrogen and oxygen atoms in total. The lowest BCUT2D eigenvalue weighted by atomic mass is 9.70. The van der Waals surface area contributed by atoms with Crippen LogP contribution >= 0.6 is 31.9 Å². The van der Waals surface area contributed by atoms with Crippen LogP contribution in [-0.4, -0.2) is 14.9 Å². The highest BCUT2D eigenvalue weighted by atomic mass is 79.9. The number of alkyl halides is 2. The van der Waals surface area contributed by atoms with Crippen LogP contribution in [0.4, 0.5) is 0 Å². The number of hydrogen-bond donors (Lipinski definition) is 0. The lowest BCUT2D eigenvalue weighted by molar-refractivity contribution is -0.127. The first-order chi connectivity index (χ1) is 5.77. The molecule has 2 bridgehead atoms. The second kappa shape index (κ2) is 2.41. The minimum Gasteiger partial charge on any atom is -0.298 e. The van der Waals surface area contributed by atoms with Crippen molar-refractivity contribution in [2.24, 2.45) is 10.8 Å². The first-order valence-corrected chi connectivity index (χ1v) is 6.35. The minimum atomic E-state index is -0.134. The summed E-state index contributed by atoms with van der Waals surface area (Å²) in [6.07, 6.45) is 2.12. The Bertz CT molecular complexity index is 284. The fraction of sp³-hybridized carbons (Fsp3) is 0.900. The van der Waals surface area contributed by atoms with Crippen LogP contribution in [0.5, 0.6) is 0 Å². The van der Waals surface area contributed by atoms with Crippen LogP contribution in [0.15, 0.2) is 0 Å². The normalized spacial score (nSPS) is 53.0. The Balaban J connectivity index is 2.61. The molecule has 3 atom stereocenters. The molecule has 2 fully saturated rings. The van der Waals surface area contributed by atoms with Crippen LogP contribution < -0.4 is 0 Å². The molecule has 0 N–H and O–H groups in total.